The number of fused-ring (bicyclic) bond motifs is 2. The number of rotatable bonds is 3. The Balaban J connectivity index is 1.77. The van der Waals surface area contributed by atoms with Gasteiger partial charge in [-0.05, 0) is 36.2 Å². The summed E-state index contributed by atoms with van der Waals surface area (Å²) in [5.74, 6) is 2.53. The van der Waals surface area contributed by atoms with Crippen LogP contribution in [0.4, 0.5) is 0 Å². The highest BCUT2D eigenvalue weighted by Crippen LogP contribution is 2.48. The Morgan fingerprint density at radius 3 is 2.50 bits per heavy atom. The fourth-order valence-electron chi connectivity index (χ4n) is 3.38. The minimum Gasteiger partial charge on any atom is -0.0891 e. The maximum absolute atomic E-state index is 2.44. The topological polar surface area (TPSA) is 0 Å². The van der Waals surface area contributed by atoms with Crippen LogP contribution in [0.3, 0.4) is 0 Å². The first-order valence-corrected chi connectivity index (χ1v) is 6.64. The second kappa shape index (κ2) is 4.12. The van der Waals surface area contributed by atoms with Crippen LogP contribution in [0.1, 0.15) is 29.9 Å². The second-order valence-electron chi connectivity index (χ2n) is 5.38. The van der Waals surface area contributed by atoms with Gasteiger partial charge in [0, 0.05) is 0 Å². The van der Waals surface area contributed by atoms with E-state index < -0.39 is 0 Å². The van der Waals surface area contributed by atoms with Gasteiger partial charge in [-0.2, -0.15) is 0 Å². The van der Waals surface area contributed by atoms with Crippen LogP contribution < -0.4 is 0 Å². The summed E-state index contributed by atoms with van der Waals surface area (Å²) in [5, 5.41) is 0. The quantitative estimate of drug-likeness (QED) is 0.530. The van der Waals surface area contributed by atoms with E-state index in [9.17, 15) is 0 Å². The molecule has 2 bridgehead atoms. The van der Waals surface area contributed by atoms with Crippen LogP contribution in [-0.2, 0) is 6.32 Å². The number of hydrogen-bond donors (Lipinski definition) is 0. The van der Waals surface area contributed by atoms with E-state index in [1.54, 1.807) is 5.56 Å². The third kappa shape index (κ3) is 1.73. The van der Waals surface area contributed by atoms with Crippen molar-refractivity contribution in [3.63, 3.8) is 0 Å². The lowest BCUT2D eigenvalue weighted by Gasteiger charge is -2.18. The fourth-order valence-corrected chi connectivity index (χ4v) is 3.38. The average molecular weight is 210 g/mol. The minimum atomic E-state index is 0.811. The number of hydrogen-bond acceptors (Lipinski definition) is 0. The predicted octanol–water partition coefficient (Wildman–Crippen LogP) is 3.35. The molecule has 1 fully saturated rings. The Hall–Kier alpha value is -0.975. The summed E-state index contributed by atoms with van der Waals surface area (Å²) in [6, 6.07) is 9.39. The molecule has 82 valence electrons. The maximum Gasteiger partial charge on any atom is 0.122 e. The summed E-state index contributed by atoms with van der Waals surface area (Å²) >= 11 is 0. The van der Waals surface area contributed by atoms with Gasteiger partial charge >= 0.3 is 0 Å². The summed E-state index contributed by atoms with van der Waals surface area (Å²) in [6.45, 7) is 2.24. The molecule has 2 aliphatic carbocycles. The van der Waals surface area contributed by atoms with Crippen LogP contribution in [0.15, 0.2) is 36.4 Å². The zero-order valence-electron chi connectivity index (χ0n) is 10.0. The summed E-state index contributed by atoms with van der Waals surface area (Å²) in [4.78, 5) is 0. The molecule has 1 unspecified atom stereocenters. The van der Waals surface area contributed by atoms with E-state index >= 15 is 0 Å². The number of allylic oxidation sites excluding steroid dienone is 2. The maximum atomic E-state index is 2.44. The van der Waals surface area contributed by atoms with Crippen molar-refractivity contribution in [3.05, 3.63) is 47.5 Å². The highest BCUT2D eigenvalue weighted by molar-refractivity contribution is 6.32. The molecule has 1 aromatic carbocycles. The van der Waals surface area contributed by atoms with Gasteiger partial charge < -0.3 is 0 Å². The van der Waals surface area contributed by atoms with Gasteiger partial charge in [-0.15, -0.1) is 0 Å². The zero-order chi connectivity index (χ0) is 11.0. The van der Waals surface area contributed by atoms with E-state index in [0.29, 0.717) is 0 Å². The second-order valence-corrected chi connectivity index (χ2v) is 5.38. The molecular weight excluding hydrogens is 191 g/mol. The minimum absolute atomic E-state index is 0.811. The molecule has 3 atom stereocenters. The van der Waals surface area contributed by atoms with Gasteiger partial charge in [-0.1, -0.05) is 55.1 Å². The van der Waals surface area contributed by atoms with Crippen molar-refractivity contribution in [2.75, 3.05) is 0 Å². The normalized spacial score (nSPS) is 30.9. The highest BCUT2D eigenvalue weighted by Gasteiger charge is 2.36. The van der Waals surface area contributed by atoms with E-state index in [0.717, 1.165) is 17.8 Å². The van der Waals surface area contributed by atoms with E-state index in [1.807, 2.05) is 0 Å². The molecule has 0 nitrogen and oxygen atoms in total. The summed E-state index contributed by atoms with van der Waals surface area (Å²) in [6.07, 6.45) is 8.87. The van der Waals surface area contributed by atoms with Crippen LogP contribution in [0.2, 0.25) is 6.82 Å². The Kier molecular flexibility index (Phi) is 2.63. The van der Waals surface area contributed by atoms with Crippen LogP contribution in [0, 0.1) is 11.8 Å². The Labute approximate surface area is 99.0 Å². The van der Waals surface area contributed by atoms with Crippen LogP contribution in [0.25, 0.3) is 0 Å². The van der Waals surface area contributed by atoms with E-state index in [2.05, 4.69) is 43.2 Å². The van der Waals surface area contributed by atoms with Crippen LogP contribution >= 0.6 is 0 Å². The van der Waals surface area contributed by atoms with Gasteiger partial charge in [0.1, 0.15) is 7.28 Å². The molecule has 1 aromatic rings. The molecule has 0 heterocycles. The van der Waals surface area contributed by atoms with Crippen LogP contribution in [-0.4, -0.2) is 7.28 Å². The number of benzene rings is 1. The molecule has 16 heavy (non-hydrogen) atoms. The van der Waals surface area contributed by atoms with Crippen molar-refractivity contribution in [3.8, 4) is 0 Å². The first kappa shape index (κ1) is 10.2. The smallest absolute Gasteiger partial charge is 0.0891 e. The third-order valence-corrected chi connectivity index (χ3v) is 4.23. The monoisotopic (exact) mass is 210 g/mol. The first-order valence-electron chi connectivity index (χ1n) is 6.64. The fraction of sp³-hybridized carbons (Fsp3) is 0.467. The molecular formula is C15H19B. The van der Waals surface area contributed by atoms with Crippen molar-refractivity contribution < 1.29 is 0 Å². The lowest BCUT2D eigenvalue weighted by molar-refractivity contribution is 0.585. The Morgan fingerprint density at radius 1 is 1.12 bits per heavy atom. The Morgan fingerprint density at radius 2 is 1.94 bits per heavy atom. The molecule has 0 aliphatic heterocycles. The van der Waals surface area contributed by atoms with Gasteiger partial charge in [0.2, 0.25) is 0 Å². The molecule has 0 saturated heterocycles. The molecule has 3 rings (SSSR count). The molecule has 0 amide bonds. The van der Waals surface area contributed by atoms with Gasteiger partial charge in [-0.25, -0.2) is 0 Å². The largest absolute Gasteiger partial charge is 0.122 e. The zero-order valence-corrected chi connectivity index (χ0v) is 10.0. The summed E-state index contributed by atoms with van der Waals surface area (Å²) < 4.78 is 0. The molecule has 0 aromatic heterocycles. The molecule has 2 aliphatic rings. The SMILES string of the molecule is CBCc1ccc(C2C[C@@H]3C=C[C@H]2C3)cc1. The third-order valence-electron chi connectivity index (χ3n) is 4.23. The average Bonchev–Trinajstić information content (AvgIpc) is 2.92. The lowest BCUT2D eigenvalue weighted by atomic mass is 9.75. The van der Waals surface area contributed by atoms with Crippen molar-refractivity contribution in [2.45, 2.75) is 31.9 Å². The van der Waals surface area contributed by atoms with E-state index in [4.69, 9.17) is 0 Å². The summed E-state index contributed by atoms with van der Waals surface area (Å²) in [5.41, 5.74) is 3.06. The van der Waals surface area contributed by atoms with Gasteiger partial charge in [0.05, 0.1) is 0 Å². The van der Waals surface area contributed by atoms with Crippen molar-refractivity contribution >= 4 is 7.28 Å². The molecule has 0 radical (unpaired) electrons. The van der Waals surface area contributed by atoms with Crippen molar-refractivity contribution in [2.24, 2.45) is 11.8 Å². The first-order chi connectivity index (χ1) is 7.86. The van der Waals surface area contributed by atoms with E-state index in [1.165, 1.54) is 32.0 Å². The van der Waals surface area contributed by atoms with Crippen molar-refractivity contribution in [1.29, 1.82) is 0 Å². The molecule has 0 spiro atoms. The molecule has 1 heteroatoms. The van der Waals surface area contributed by atoms with Crippen molar-refractivity contribution in [1.82, 2.24) is 0 Å². The Bertz CT molecular complexity index is 390. The van der Waals surface area contributed by atoms with Gasteiger partial charge in [0.15, 0.2) is 0 Å². The van der Waals surface area contributed by atoms with Crippen LogP contribution in [0.5, 0.6) is 0 Å². The lowest BCUT2D eigenvalue weighted by Crippen LogP contribution is -2.05. The molecule has 1 saturated carbocycles. The standard InChI is InChI=1S/C15H19B/c1-16-10-11-2-5-13(6-3-11)15-9-12-4-7-14(15)8-12/h2-7,12,14-16H,8-10H2,1H3/t12-,14+,15?/m1/s1. The van der Waals surface area contributed by atoms with Gasteiger partial charge in [-0.3, -0.25) is 0 Å². The van der Waals surface area contributed by atoms with Gasteiger partial charge in [0.25, 0.3) is 0 Å². The highest BCUT2D eigenvalue weighted by atomic mass is 14.4. The summed E-state index contributed by atoms with van der Waals surface area (Å²) in [7, 11) is 1.25. The molecule has 0 N–H and O–H groups in total. The van der Waals surface area contributed by atoms with E-state index in [-0.39, 0.29) is 0 Å². The predicted molar refractivity (Wildman–Crippen MR) is 71.3 cm³/mol.